The second-order valence-corrected chi connectivity index (χ2v) is 10.2. The first kappa shape index (κ1) is 14.0. The summed E-state index contributed by atoms with van der Waals surface area (Å²) in [5.74, 6) is 2.70. The van der Waals surface area contributed by atoms with Gasteiger partial charge in [-0.3, -0.25) is 4.79 Å². The van der Waals surface area contributed by atoms with Crippen molar-refractivity contribution in [2.24, 2.45) is 34.0 Å². The minimum absolute atomic E-state index is 0.113. The van der Waals surface area contributed by atoms with Crippen LogP contribution in [0, 0.1) is 34.0 Å². The fraction of sp³-hybridized carbons (Fsp3) is 0.950. The van der Waals surface area contributed by atoms with E-state index in [4.69, 9.17) is 4.74 Å². The van der Waals surface area contributed by atoms with Gasteiger partial charge in [-0.1, -0.05) is 20.8 Å². The summed E-state index contributed by atoms with van der Waals surface area (Å²) >= 11 is 0. The Bertz CT molecular complexity index is 566. The van der Waals surface area contributed by atoms with Gasteiger partial charge in [-0.15, -0.1) is 0 Å². The van der Waals surface area contributed by atoms with E-state index in [0.29, 0.717) is 28.6 Å². The maximum Gasteiger partial charge on any atom is 0.138 e. The van der Waals surface area contributed by atoms with Crippen LogP contribution in [0.3, 0.4) is 0 Å². The summed E-state index contributed by atoms with van der Waals surface area (Å²) in [4.78, 5) is 12.5. The van der Waals surface area contributed by atoms with Gasteiger partial charge in [0, 0.05) is 17.3 Å². The molecule has 5 rings (SSSR count). The third-order valence-corrected chi connectivity index (χ3v) is 9.26. The van der Waals surface area contributed by atoms with Crippen LogP contribution in [0.15, 0.2) is 0 Å². The van der Waals surface area contributed by atoms with Crippen LogP contribution in [-0.2, 0) is 9.53 Å². The Kier molecular flexibility index (Phi) is 2.33. The second-order valence-electron chi connectivity index (χ2n) is 10.2. The number of epoxide rings is 1. The predicted octanol–water partition coefficient (Wildman–Crippen LogP) is 4.37. The second kappa shape index (κ2) is 3.66. The van der Waals surface area contributed by atoms with Crippen LogP contribution >= 0.6 is 0 Å². The van der Waals surface area contributed by atoms with Crippen molar-refractivity contribution in [3.05, 3.63) is 0 Å². The summed E-state index contributed by atoms with van der Waals surface area (Å²) in [7, 11) is 0. The Morgan fingerprint density at radius 1 is 1.00 bits per heavy atom. The van der Waals surface area contributed by atoms with Crippen LogP contribution in [0.1, 0.15) is 72.6 Å². The fourth-order valence-corrected chi connectivity index (χ4v) is 8.17. The molecule has 0 aromatic rings. The van der Waals surface area contributed by atoms with Crippen molar-refractivity contribution in [1.29, 1.82) is 0 Å². The highest BCUT2D eigenvalue weighted by Crippen LogP contribution is 2.77. The van der Waals surface area contributed by atoms with Gasteiger partial charge in [-0.25, -0.2) is 0 Å². The number of carbonyl (C=O) groups excluding carboxylic acids is 1. The van der Waals surface area contributed by atoms with E-state index in [1.807, 2.05) is 0 Å². The molecule has 0 amide bonds. The van der Waals surface area contributed by atoms with Crippen molar-refractivity contribution in [2.75, 3.05) is 0 Å². The van der Waals surface area contributed by atoms with E-state index in [1.165, 1.54) is 32.1 Å². The summed E-state index contributed by atoms with van der Waals surface area (Å²) in [6.07, 6.45) is 9.18. The van der Waals surface area contributed by atoms with E-state index < -0.39 is 0 Å². The van der Waals surface area contributed by atoms with Gasteiger partial charge in [0.05, 0.1) is 11.7 Å². The Balaban J connectivity index is 1.59. The van der Waals surface area contributed by atoms with Crippen molar-refractivity contribution in [3.63, 3.8) is 0 Å². The van der Waals surface area contributed by atoms with Crippen LogP contribution in [0.4, 0.5) is 0 Å². The van der Waals surface area contributed by atoms with Crippen LogP contribution in [0.2, 0.25) is 0 Å². The Morgan fingerprint density at radius 2 is 1.77 bits per heavy atom. The first-order valence-electron chi connectivity index (χ1n) is 9.46. The van der Waals surface area contributed by atoms with Crippen molar-refractivity contribution < 1.29 is 9.53 Å². The topological polar surface area (TPSA) is 29.6 Å². The lowest BCUT2D eigenvalue weighted by molar-refractivity contribution is -0.173. The number of fused-ring (bicyclic) bond motifs is 5. The summed E-state index contributed by atoms with van der Waals surface area (Å²) in [5.41, 5.74) is 0.924. The number of Topliss-reactive ketones (excluding diaryl/α,β-unsaturated/α-hetero) is 1. The van der Waals surface area contributed by atoms with E-state index >= 15 is 0 Å². The van der Waals surface area contributed by atoms with Gasteiger partial charge < -0.3 is 4.74 Å². The normalized spacial score (nSPS) is 61.2. The molecule has 5 aliphatic rings. The molecule has 2 nitrogen and oxygen atoms in total. The Labute approximate surface area is 134 Å². The van der Waals surface area contributed by atoms with Crippen molar-refractivity contribution in [1.82, 2.24) is 0 Å². The monoisotopic (exact) mass is 302 g/mol. The molecule has 2 bridgehead atoms. The minimum Gasteiger partial charge on any atom is -0.365 e. The first-order valence-corrected chi connectivity index (χ1v) is 9.46. The molecule has 1 saturated heterocycles. The van der Waals surface area contributed by atoms with Gasteiger partial charge in [-0.05, 0) is 68.6 Å². The molecule has 2 heteroatoms. The largest absolute Gasteiger partial charge is 0.365 e. The number of ketones is 1. The fourth-order valence-electron chi connectivity index (χ4n) is 8.17. The zero-order chi connectivity index (χ0) is 15.5. The van der Waals surface area contributed by atoms with Gasteiger partial charge in [0.2, 0.25) is 0 Å². The third kappa shape index (κ3) is 1.29. The average molecular weight is 302 g/mol. The molecule has 22 heavy (non-hydrogen) atoms. The lowest BCUT2D eigenvalue weighted by atomic mass is 9.41. The summed E-state index contributed by atoms with van der Waals surface area (Å²) in [6.45, 7) is 9.37. The molecule has 0 N–H and O–H groups in total. The summed E-state index contributed by atoms with van der Waals surface area (Å²) in [5, 5.41) is 0. The van der Waals surface area contributed by atoms with E-state index in [1.54, 1.807) is 0 Å². The number of hydrogen-bond acceptors (Lipinski definition) is 2. The van der Waals surface area contributed by atoms with Gasteiger partial charge in [0.25, 0.3) is 0 Å². The van der Waals surface area contributed by atoms with Crippen LogP contribution in [-0.4, -0.2) is 17.5 Å². The molecule has 1 aliphatic heterocycles. The van der Waals surface area contributed by atoms with E-state index in [0.717, 1.165) is 24.7 Å². The zero-order valence-electron chi connectivity index (χ0n) is 14.6. The van der Waals surface area contributed by atoms with Crippen LogP contribution in [0.25, 0.3) is 0 Å². The van der Waals surface area contributed by atoms with Crippen molar-refractivity contribution in [2.45, 2.75) is 84.3 Å². The third-order valence-electron chi connectivity index (χ3n) is 9.26. The van der Waals surface area contributed by atoms with Gasteiger partial charge in [0.1, 0.15) is 5.78 Å². The van der Waals surface area contributed by atoms with E-state index in [-0.39, 0.29) is 11.0 Å². The molecule has 122 valence electrons. The number of carbonyl (C=O) groups is 1. The average Bonchev–Trinajstić information content (AvgIpc) is 3.13. The van der Waals surface area contributed by atoms with Gasteiger partial charge >= 0.3 is 0 Å². The van der Waals surface area contributed by atoms with Crippen molar-refractivity contribution in [3.8, 4) is 0 Å². The minimum atomic E-state index is -0.113. The highest BCUT2D eigenvalue weighted by Gasteiger charge is 2.78. The Hall–Kier alpha value is -0.370. The molecule has 0 aromatic carbocycles. The smallest absolute Gasteiger partial charge is 0.138 e. The molecule has 1 heterocycles. The molecule has 5 fully saturated rings. The molecule has 1 spiro atoms. The highest BCUT2D eigenvalue weighted by atomic mass is 16.6. The molecule has 0 unspecified atom stereocenters. The molecular formula is C20H30O2. The highest BCUT2D eigenvalue weighted by molar-refractivity contribution is 5.85. The molecule has 0 radical (unpaired) electrons. The van der Waals surface area contributed by atoms with Gasteiger partial charge in [0.15, 0.2) is 0 Å². The van der Waals surface area contributed by atoms with Crippen LogP contribution in [0.5, 0.6) is 0 Å². The molecular weight excluding hydrogens is 272 g/mol. The van der Waals surface area contributed by atoms with E-state index in [9.17, 15) is 4.79 Å². The molecule has 4 saturated carbocycles. The predicted molar refractivity (Wildman–Crippen MR) is 85.4 cm³/mol. The molecule has 7 atom stereocenters. The summed E-state index contributed by atoms with van der Waals surface area (Å²) < 4.78 is 6.30. The maximum atomic E-state index is 12.5. The standard InChI is InChI=1S/C20H30O2/c1-17(2)13-7-10-20-11-12(19(4)16(20)22-19)5-6-14(20)18(13,3)9-8-15(17)21/h12-14,16H,5-11H2,1-4H3/t12-,13-,14+,16+,18-,19+,20-/m1/s1. The quantitative estimate of drug-likeness (QED) is 0.622. The number of rotatable bonds is 0. The maximum absolute atomic E-state index is 12.5. The first-order chi connectivity index (χ1) is 10.3. The zero-order valence-corrected chi connectivity index (χ0v) is 14.6. The van der Waals surface area contributed by atoms with Crippen LogP contribution < -0.4 is 0 Å². The summed E-state index contributed by atoms with van der Waals surface area (Å²) in [6, 6.07) is 0. The Morgan fingerprint density at radius 3 is 2.55 bits per heavy atom. The lowest BCUT2D eigenvalue weighted by Gasteiger charge is -2.63. The molecule has 0 aromatic heterocycles. The SMILES string of the molecule is CC1(C)C(=O)CC[C@]2(C)[C@@H]1CC[C@@]13C[C@@H](CC[C@@H]21)[C@]1(C)O[C@H]31. The van der Waals surface area contributed by atoms with Gasteiger partial charge in [-0.2, -0.15) is 0 Å². The number of hydrogen-bond donors (Lipinski definition) is 0. The van der Waals surface area contributed by atoms with E-state index in [2.05, 4.69) is 27.7 Å². The van der Waals surface area contributed by atoms with Crippen molar-refractivity contribution >= 4 is 5.78 Å². The lowest BCUT2D eigenvalue weighted by Crippen LogP contribution is -2.59. The molecule has 4 aliphatic carbocycles. The number of ether oxygens (including phenoxy) is 1.